The fourth-order valence-electron chi connectivity index (χ4n) is 1.67. The van der Waals surface area contributed by atoms with Gasteiger partial charge in [-0.25, -0.2) is 4.98 Å². The molecule has 1 rings (SSSR count). The van der Waals surface area contributed by atoms with Gasteiger partial charge in [0.2, 0.25) is 0 Å². The molecule has 4 nitrogen and oxygen atoms in total. The first-order chi connectivity index (χ1) is 7.09. The number of rotatable bonds is 6. The lowest BCUT2D eigenvalue weighted by Crippen LogP contribution is -2.23. The fraction of sp³-hybridized carbons (Fsp3) is 0.818. The third kappa shape index (κ3) is 3.63. The molecule has 1 aromatic rings. The lowest BCUT2D eigenvalue weighted by Gasteiger charge is -2.23. The molecule has 0 aromatic carbocycles. The average molecular weight is 210 g/mol. The van der Waals surface area contributed by atoms with Gasteiger partial charge in [-0.05, 0) is 32.4 Å². The van der Waals surface area contributed by atoms with Crippen molar-refractivity contribution in [3.8, 4) is 0 Å². The van der Waals surface area contributed by atoms with E-state index in [4.69, 9.17) is 0 Å². The molecule has 15 heavy (non-hydrogen) atoms. The smallest absolute Gasteiger partial charge is 0.138 e. The Labute approximate surface area is 92.1 Å². The lowest BCUT2D eigenvalue weighted by atomic mass is 9.85. The van der Waals surface area contributed by atoms with Crippen LogP contribution >= 0.6 is 0 Å². The van der Waals surface area contributed by atoms with Gasteiger partial charge in [-0.3, -0.25) is 4.68 Å². The SMILES string of the molecule is CCn1ncnc1CC(C)(C)CCNC. The average Bonchev–Trinajstić information content (AvgIpc) is 2.61. The molecular formula is C11H22N4. The molecule has 4 heteroatoms. The molecule has 0 radical (unpaired) electrons. The summed E-state index contributed by atoms with van der Waals surface area (Å²) in [5, 5.41) is 7.38. The Bertz CT molecular complexity index is 291. The Morgan fingerprint density at radius 2 is 2.20 bits per heavy atom. The molecule has 1 N–H and O–H groups in total. The van der Waals surface area contributed by atoms with Crippen LogP contribution in [0.4, 0.5) is 0 Å². The second kappa shape index (κ2) is 5.26. The van der Waals surface area contributed by atoms with Crippen molar-refractivity contribution in [2.45, 2.75) is 40.2 Å². The van der Waals surface area contributed by atoms with Gasteiger partial charge in [0.25, 0.3) is 0 Å². The highest BCUT2D eigenvalue weighted by atomic mass is 15.3. The summed E-state index contributed by atoms with van der Waals surface area (Å²) in [4.78, 5) is 4.31. The topological polar surface area (TPSA) is 42.7 Å². The van der Waals surface area contributed by atoms with Crippen LogP contribution in [-0.4, -0.2) is 28.4 Å². The van der Waals surface area contributed by atoms with E-state index in [0.717, 1.165) is 31.8 Å². The van der Waals surface area contributed by atoms with Gasteiger partial charge in [0, 0.05) is 13.0 Å². The molecule has 0 fully saturated rings. The summed E-state index contributed by atoms with van der Waals surface area (Å²) in [6.07, 6.45) is 3.79. The van der Waals surface area contributed by atoms with Crippen LogP contribution in [0, 0.1) is 5.41 Å². The molecular weight excluding hydrogens is 188 g/mol. The molecule has 1 heterocycles. The summed E-state index contributed by atoms with van der Waals surface area (Å²) in [7, 11) is 1.99. The first-order valence-electron chi connectivity index (χ1n) is 5.60. The van der Waals surface area contributed by atoms with E-state index in [1.165, 1.54) is 0 Å². The minimum atomic E-state index is 0.281. The Morgan fingerprint density at radius 1 is 1.47 bits per heavy atom. The van der Waals surface area contributed by atoms with Gasteiger partial charge in [-0.15, -0.1) is 0 Å². The molecule has 0 saturated heterocycles. The van der Waals surface area contributed by atoms with Crippen molar-refractivity contribution in [3.63, 3.8) is 0 Å². The van der Waals surface area contributed by atoms with Crippen LogP contribution in [0.5, 0.6) is 0 Å². The molecule has 86 valence electrons. The van der Waals surface area contributed by atoms with Crippen LogP contribution in [0.15, 0.2) is 6.33 Å². The van der Waals surface area contributed by atoms with Crippen molar-refractivity contribution in [2.75, 3.05) is 13.6 Å². The Morgan fingerprint density at radius 3 is 2.80 bits per heavy atom. The monoisotopic (exact) mass is 210 g/mol. The van der Waals surface area contributed by atoms with Crippen molar-refractivity contribution in [3.05, 3.63) is 12.2 Å². The summed E-state index contributed by atoms with van der Waals surface area (Å²) in [6, 6.07) is 0. The first kappa shape index (κ1) is 12.2. The molecule has 0 aliphatic rings. The van der Waals surface area contributed by atoms with Crippen molar-refractivity contribution in [1.82, 2.24) is 20.1 Å². The Balaban J connectivity index is 2.59. The zero-order chi connectivity index (χ0) is 11.3. The van der Waals surface area contributed by atoms with Gasteiger partial charge in [0.1, 0.15) is 12.2 Å². The Hall–Kier alpha value is -0.900. The van der Waals surface area contributed by atoms with Gasteiger partial charge in [-0.2, -0.15) is 5.10 Å². The maximum absolute atomic E-state index is 4.31. The van der Waals surface area contributed by atoms with E-state index in [0.29, 0.717) is 0 Å². The third-order valence-corrected chi connectivity index (χ3v) is 2.68. The number of nitrogens with zero attached hydrogens (tertiary/aromatic N) is 3. The predicted octanol–water partition coefficient (Wildman–Crippen LogP) is 1.48. The van der Waals surface area contributed by atoms with Gasteiger partial charge in [0.15, 0.2) is 0 Å². The fourth-order valence-corrected chi connectivity index (χ4v) is 1.67. The lowest BCUT2D eigenvalue weighted by molar-refractivity contribution is 0.316. The third-order valence-electron chi connectivity index (χ3n) is 2.68. The maximum Gasteiger partial charge on any atom is 0.138 e. The maximum atomic E-state index is 4.31. The number of aryl methyl sites for hydroxylation is 1. The molecule has 0 saturated carbocycles. The summed E-state index contributed by atoms with van der Waals surface area (Å²) in [6.45, 7) is 8.60. The second-order valence-corrected chi connectivity index (χ2v) is 4.69. The highest BCUT2D eigenvalue weighted by Crippen LogP contribution is 2.24. The van der Waals surface area contributed by atoms with Crippen LogP contribution in [0.1, 0.15) is 33.0 Å². The van der Waals surface area contributed by atoms with E-state index in [-0.39, 0.29) is 5.41 Å². The Kier molecular flexibility index (Phi) is 4.27. The number of aromatic nitrogens is 3. The van der Waals surface area contributed by atoms with Crippen molar-refractivity contribution < 1.29 is 0 Å². The molecule has 0 spiro atoms. The van der Waals surface area contributed by atoms with Crippen molar-refractivity contribution >= 4 is 0 Å². The number of hydrogen-bond acceptors (Lipinski definition) is 3. The first-order valence-corrected chi connectivity index (χ1v) is 5.60. The largest absolute Gasteiger partial charge is 0.320 e. The number of hydrogen-bond donors (Lipinski definition) is 1. The second-order valence-electron chi connectivity index (χ2n) is 4.69. The van der Waals surface area contributed by atoms with Gasteiger partial charge in [0.05, 0.1) is 0 Å². The normalized spacial score (nSPS) is 12.0. The summed E-state index contributed by atoms with van der Waals surface area (Å²) in [5.74, 6) is 1.10. The van der Waals surface area contributed by atoms with E-state index in [2.05, 4.69) is 36.2 Å². The van der Waals surface area contributed by atoms with Crippen LogP contribution in [0.3, 0.4) is 0 Å². The minimum absolute atomic E-state index is 0.281. The molecule has 0 aliphatic carbocycles. The van der Waals surface area contributed by atoms with Crippen LogP contribution in [0.2, 0.25) is 0 Å². The molecule has 0 atom stereocenters. The molecule has 1 aromatic heterocycles. The highest BCUT2D eigenvalue weighted by Gasteiger charge is 2.20. The molecule has 0 bridgehead atoms. The van der Waals surface area contributed by atoms with Crippen molar-refractivity contribution in [2.24, 2.45) is 5.41 Å². The van der Waals surface area contributed by atoms with Gasteiger partial charge >= 0.3 is 0 Å². The summed E-state index contributed by atoms with van der Waals surface area (Å²) in [5.41, 5.74) is 0.281. The van der Waals surface area contributed by atoms with Crippen molar-refractivity contribution in [1.29, 1.82) is 0 Å². The molecule has 0 amide bonds. The van der Waals surface area contributed by atoms with Gasteiger partial charge in [-0.1, -0.05) is 13.8 Å². The molecule has 0 unspecified atom stereocenters. The predicted molar refractivity (Wildman–Crippen MR) is 61.7 cm³/mol. The standard InChI is InChI=1S/C11H22N4/c1-5-15-10(13-9-14-15)8-11(2,3)6-7-12-4/h9,12H,5-8H2,1-4H3. The van der Waals surface area contributed by atoms with E-state index in [1.54, 1.807) is 6.33 Å². The van der Waals surface area contributed by atoms with Gasteiger partial charge < -0.3 is 5.32 Å². The van der Waals surface area contributed by atoms with E-state index < -0.39 is 0 Å². The number of nitrogens with one attached hydrogen (secondary N) is 1. The highest BCUT2D eigenvalue weighted by molar-refractivity contribution is 4.90. The van der Waals surface area contributed by atoms with Crippen LogP contribution in [0.25, 0.3) is 0 Å². The summed E-state index contributed by atoms with van der Waals surface area (Å²) >= 11 is 0. The molecule has 0 aliphatic heterocycles. The van der Waals surface area contributed by atoms with E-state index >= 15 is 0 Å². The quantitative estimate of drug-likeness (QED) is 0.773. The van der Waals surface area contributed by atoms with Crippen LogP contribution < -0.4 is 5.32 Å². The minimum Gasteiger partial charge on any atom is -0.320 e. The zero-order valence-electron chi connectivity index (χ0n) is 10.2. The zero-order valence-corrected chi connectivity index (χ0v) is 10.2. The van der Waals surface area contributed by atoms with Crippen LogP contribution in [-0.2, 0) is 13.0 Å². The van der Waals surface area contributed by atoms with E-state index in [9.17, 15) is 0 Å². The van der Waals surface area contributed by atoms with E-state index in [1.807, 2.05) is 11.7 Å². The summed E-state index contributed by atoms with van der Waals surface area (Å²) < 4.78 is 1.97.